The summed E-state index contributed by atoms with van der Waals surface area (Å²) >= 11 is 3.35. The van der Waals surface area contributed by atoms with Gasteiger partial charge >= 0.3 is 5.97 Å². The highest BCUT2D eigenvalue weighted by Gasteiger charge is 2.50. The summed E-state index contributed by atoms with van der Waals surface area (Å²) in [4.78, 5) is 10.6. The lowest BCUT2D eigenvalue weighted by molar-refractivity contribution is -0.139. The van der Waals surface area contributed by atoms with E-state index in [2.05, 4.69) is 15.9 Å². The van der Waals surface area contributed by atoms with Gasteiger partial charge in [0, 0.05) is 9.89 Å². The fraction of sp³-hybridized carbons (Fsp3) is 0.417. The number of carbonyl (C=O) groups is 1. The first-order valence-corrected chi connectivity index (χ1v) is 6.00. The number of carboxylic acids is 1. The third kappa shape index (κ3) is 2.13. The van der Waals surface area contributed by atoms with E-state index in [-0.39, 0.29) is 11.8 Å². The van der Waals surface area contributed by atoms with Crippen molar-refractivity contribution in [3.63, 3.8) is 0 Å². The molecule has 1 aliphatic carbocycles. The summed E-state index contributed by atoms with van der Waals surface area (Å²) in [5, 5.41) is 18.6. The van der Waals surface area contributed by atoms with Crippen LogP contribution in [0.3, 0.4) is 0 Å². The summed E-state index contributed by atoms with van der Waals surface area (Å²) in [5.41, 5.74) is 0.712. The second-order valence-electron chi connectivity index (χ2n) is 4.28. The maximum Gasteiger partial charge on any atom is 0.306 e. The Morgan fingerprint density at radius 3 is 2.38 bits per heavy atom. The monoisotopic (exact) mass is 284 g/mol. The maximum absolute atomic E-state index is 10.6. The van der Waals surface area contributed by atoms with Crippen LogP contribution in [0.1, 0.15) is 24.8 Å². The Balaban J connectivity index is 2.19. The molecule has 86 valence electrons. The van der Waals surface area contributed by atoms with Crippen LogP contribution < -0.4 is 0 Å². The van der Waals surface area contributed by atoms with E-state index in [0.29, 0.717) is 0 Å². The van der Waals surface area contributed by atoms with Gasteiger partial charge in [0.05, 0.1) is 12.5 Å². The first-order valence-electron chi connectivity index (χ1n) is 5.20. The van der Waals surface area contributed by atoms with Crippen LogP contribution in [-0.2, 0) is 10.2 Å². The Kier molecular flexibility index (Phi) is 3.04. The number of benzene rings is 1. The highest BCUT2D eigenvalue weighted by molar-refractivity contribution is 9.10. The Bertz CT molecular complexity index is 395. The minimum Gasteiger partial charge on any atom is -0.481 e. The molecule has 0 spiro atoms. The Hall–Kier alpha value is -0.870. The molecule has 0 aliphatic heterocycles. The van der Waals surface area contributed by atoms with Crippen molar-refractivity contribution in [3.8, 4) is 0 Å². The van der Waals surface area contributed by atoms with Crippen LogP contribution in [0.2, 0.25) is 0 Å². The number of rotatable bonds is 4. The quantitative estimate of drug-likeness (QED) is 0.892. The topological polar surface area (TPSA) is 57.5 Å². The van der Waals surface area contributed by atoms with E-state index in [4.69, 9.17) is 5.11 Å². The predicted octanol–water partition coefficient (Wildman–Crippen LogP) is 2.32. The lowest BCUT2D eigenvalue weighted by Gasteiger charge is -2.21. The molecule has 0 aromatic heterocycles. The molecule has 1 unspecified atom stereocenters. The van der Waals surface area contributed by atoms with Gasteiger partial charge in [0.25, 0.3) is 0 Å². The number of carboxylic acid groups (broad SMARTS) is 1. The molecule has 1 aromatic rings. The Morgan fingerprint density at radius 2 is 1.94 bits per heavy atom. The molecule has 1 aromatic carbocycles. The summed E-state index contributed by atoms with van der Waals surface area (Å²) in [6.07, 6.45) is 0.758. The summed E-state index contributed by atoms with van der Waals surface area (Å²) in [5.74, 6) is -0.948. The van der Waals surface area contributed by atoms with Crippen LogP contribution in [-0.4, -0.2) is 22.3 Å². The molecule has 3 nitrogen and oxygen atoms in total. The number of aliphatic carboxylic acids is 1. The van der Waals surface area contributed by atoms with Crippen LogP contribution in [0.4, 0.5) is 0 Å². The number of hydrogen-bond acceptors (Lipinski definition) is 2. The Morgan fingerprint density at radius 1 is 1.38 bits per heavy atom. The molecule has 1 saturated carbocycles. The first-order chi connectivity index (χ1) is 7.54. The third-order valence-electron chi connectivity index (χ3n) is 3.21. The van der Waals surface area contributed by atoms with E-state index in [1.807, 2.05) is 24.3 Å². The predicted molar refractivity (Wildman–Crippen MR) is 63.3 cm³/mol. The van der Waals surface area contributed by atoms with Gasteiger partial charge in [-0.15, -0.1) is 0 Å². The van der Waals surface area contributed by atoms with Crippen molar-refractivity contribution >= 4 is 21.9 Å². The van der Waals surface area contributed by atoms with Crippen molar-refractivity contribution in [3.05, 3.63) is 34.3 Å². The largest absolute Gasteiger partial charge is 0.481 e. The van der Waals surface area contributed by atoms with Gasteiger partial charge in [-0.25, -0.2) is 0 Å². The molecule has 1 aliphatic rings. The minimum atomic E-state index is -0.948. The molecule has 0 saturated heterocycles. The van der Waals surface area contributed by atoms with Crippen LogP contribution in [0.15, 0.2) is 28.7 Å². The Labute approximate surface area is 102 Å². The average Bonchev–Trinajstić information content (AvgIpc) is 2.98. The highest BCUT2D eigenvalue weighted by Crippen LogP contribution is 2.51. The smallest absolute Gasteiger partial charge is 0.306 e. The molecule has 0 radical (unpaired) electrons. The van der Waals surface area contributed by atoms with Crippen LogP contribution >= 0.6 is 15.9 Å². The van der Waals surface area contributed by atoms with Gasteiger partial charge in [-0.2, -0.15) is 0 Å². The van der Waals surface area contributed by atoms with Gasteiger partial charge in [0.2, 0.25) is 0 Å². The zero-order chi connectivity index (χ0) is 11.8. The summed E-state index contributed by atoms with van der Waals surface area (Å²) in [6, 6.07) is 7.73. The van der Waals surface area contributed by atoms with E-state index in [1.54, 1.807) is 0 Å². The number of hydrogen-bond donors (Lipinski definition) is 2. The molecule has 4 heteroatoms. The van der Waals surface area contributed by atoms with E-state index in [0.717, 1.165) is 22.9 Å². The lowest BCUT2D eigenvalue weighted by atomic mass is 9.88. The molecule has 16 heavy (non-hydrogen) atoms. The van der Waals surface area contributed by atoms with E-state index >= 15 is 0 Å². The molecule has 0 bridgehead atoms. The molecule has 0 heterocycles. The number of halogens is 1. The zero-order valence-electron chi connectivity index (χ0n) is 8.69. The first kappa shape index (κ1) is 11.6. The normalized spacial score (nSPS) is 19.1. The summed E-state index contributed by atoms with van der Waals surface area (Å²) in [6.45, 7) is 0. The standard InChI is InChI=1S/C12H13BrO3/c13-9-3-1-8(2-4-9)12(5-6-12)10(14)7-11(15)16/h1-4,10,14H,5-7H2,(H,15,16). The van der Waals surface area contributed by atoms with Crippen LogP contribution in [0.25, 0.3) is 0 Å². The fourth-order valence-corrected chi connectivity index (χ4v) is 2.36. The maximum atomic E-state index is 10.6. The van der Waals surface area contributed by atoms with Gasteiger partial charge in [-0.1, -0.05) is 28.1 Å². The third-order valence-corrected chi connectivity index (χ3v) is 3.74. The van der Waals surface area contributed by atoms with Crippen molar-refractivity contribution in [2.45, 2.75) is 30.8 Å². The molecule has 0 amide bonds. The van der Waals surface area contributed by atoms with Crippen molar-refractivity contribution < 1.29 is 15.0 Å². The highest BCUT2D eigenvalue weighted by atomic mass is 79.9. The minimum absolute atomic E-state index is 0.184. The number of aliphatic hydroxyl groups excluding tert-OH is 1. The SMILES string of the molecule is O=C(O)CC(O)C1(c2ccc(Br)cc2)CC1. The molecule has 1 atom stereocenters. The second-order valence-corrected chi connectivity index (χ2v) is 5.19. The van der Waals surface area contributed by atoms with E-state index in [9.17, 15) is 9.90 Å². The van der Waals surface area contributed by atoms with Crippen molar-refractivity contribution in [1.82, 2.24) is 0 Å². The summed E-state index contributed by atoms with van der Waals surface area (Å²) in [7, 11) is 0. The molecule has 2 N–H and O–H groups in total. The van der Waals surface area contributed by atoms with Gasteiger partial charge in [0.1, 0.15) is 0 Å². The van der Waals surface area contributed by atoms with Crippen LogP contribution in [0.5, 0.6) is 0 Å². The molecule has 1 fully saturated rings. The van der Waals surface area contributed by atoms with E-state index < -0.39 is 12.1 Å². The van der Waals surface area contributed by atoms with Gasteiger partial charge in [0.15, 0.2) is 0 Å². The second kappa shape index (κ2) is 4.18. The lowest BCUT2D eigenvalue weighted by Crippen LogP contribution is -2.28. The molecular formula is C12H13BrO3. The van der Waals surface area contributed by atoms with Crippen molar-refractivity contribution in [2.24, 2.45) is 0 Å². The zero-order valence-corrected chi connectivity index (χ0v) is 10.3. The van der Waals surface area contributed by atoms with E-state index in [1.165, 1.54) is 0 Å². The fourth-order valence-electron chi connectivity index (χ4n) is 2.09. The summed E-state index contributed by atoms with van der Waals surface area (Å²) < 4.78 is 0.986. The van der Waals surface area contributed by atoms with Gasteiger partial charge < -0.3 is 10.2 Å². The van der Waals surface area contributed by atoms with Gasteiger partial charge in [-0.05, 0) is 30.5 Å². The van der Waals surface area contributed by atoms with Gasteiger partial charge in [-0.3, -0.25) is 4.79 Å². The van der Waals surface area contributed by atoms with Crippen molar-refractivity contribution in [1.29, 1.82) is 0 Å². The molecule has 2 rings (SSSR count). The number of aliphatic hydroxyl groups is 1. The molecular weight excluding hydrogens is 272 g/mol. The van der Waals surface area contributed by atoms with Crippen LogP contribution in [0, 0.1) is 0 Å². The average molecular weight is 285 g/mol. The van der Waals surface area contributed by atoms with Crippen molar-refractivity contribution in [2.75, 3.05) is 0 Å².